The average Bonchev–Trinajstić information content (AvgIpc) is 3.34. The predicted molar refractivity (Wildman–Crippen MR) is 109 cm³/mol. The lowest BCUT2D eigenvalue weighted by Gasteiger charge is -2.10. The molecule has 2 amide bonds. The largest absolute Gasteiger partial charge is 0.495 e. The molecule has 0 bridgehead atoms. The summed E-state index contributed by atoms with van der Waals surface area (Å²) in [5, 5.41) is 5.70. The Bertz CT molecular complexity index is 1180. The molecule has 0 saturated carbocycles. The van der Waals surface area contributed by atoms with Crippen molar-refractivity contribution in [2.45, 2.75) is 0 Å². The van der Waals surface area contributed by atoms with Gasteiger partial charge < -0.3 is 20.0 Å². The molecule has 2 heterocycles. The number of para-hydroxylation sites is 2. The monoisotopic (exact) mass is 410 g/mol. The van der Waals surface area contributed by atoms with Crippen LogP contribution >= 0.6 is 11.6 Å². The minimum Gasteiger partial charge on any atom is -0.495 e. The van der Waals surface area contributed by atoms with E-state index < -0.39 is 11.8 Å². The lowest BCUT2D eigenvalue weighted by atomic mass is 10.2. The van der Waals surface area contributed by atoms with E-state index in [2.05, 4.69) is 30.6 Å². The molecular weight excluding hydrogens is 396 g/mol. The van der Waals surface area contributed by atoms with Crippen molar-refractivity contribution >= 4 is 46.1 Å². The van der Waals surface area contributed by atoms with E-state index in [-0.39, 0.29) is 17.3 Å². The van der Waals surface area contributed by atoms with Crippen molar-refractivity contribution in [1.82, 2.24) is 19.9 Å². The molecule has 146 valence electrons. The van der Waals surface area contributed by atoms with Crippen LogP contribution in [0.3, 0.4) is 0 Å². The fourth-order valence-corrected chi connectivity index (χ4v) is 2.95. The van der Waals surface area contributed by atoms with Crippen molar-refractivity contribution in [2.24, 2.45) is 0 Å². The molecule has 0 spiro atoms. The second kappa shape index (κ2) is 7.64. The number of aromatic amines is 2. The van der Waals surface area contributed by atoms with Crippen LogP contribution in [0.1, 0.15) is 21.0 Å². The Kier molecular flexibility index (Phi) is 4.88. The quantitative estimate of drug-likeness (QED) is 0.401. The van der Waals surface area contributed by atoms with Crippen LogP contribution in [-0.4, -0.2) is 38.9 Å². The van der Waals surface area contributed by atoms with Gasteiger partial charge in [-0.1, -0.05) is 23.7 Å². The van der Waals surface area contributed by atoms with E-state index in [4.69, 9.17) is 16.3 Å². The smallest absolute Gasteiger partial charge is 0.276 e. The second-order valence-corrected chi connectivity index (χ2v) is 6.42. The van der Waals surface area contributed by atoms with Gasteiger partial charge in [-0.15, -0.1) is 0 Å². The van der Waals surface area contributed by atoms with Crippen molar-refractivity contribution in [1.29, 1.82) is 0 Å². The van der Waals surface area contributed by atoms with Crippen LogP contribution in [0.2, 0.25) is 5.02 Å². The van der Waals surface area contributed by atoms with Crippen LogP contribution in [0.4, 0.5) is 11.6 Å². The van der Waals surface area contributed by atoms with Gasteiger partial charge in [0, 0.05) is 5.02 Å². The average molecular weight is 411 g/mol. The van der Waals surface area contributed by atoms with E-state index in [1.165, 1.54) is 13.4 Å². The molecule has 0 atom stereocenters. The van der Waals surface area contributed by atoms with E-state index in [0.717, 1.165) is 5.52 Å². The first-order valence-corrected chi connectivity index (χ1v) is 8.87. The van der Waals surface area contributed by atoms with Gasteiger partial charge in [0.1, 0.15) is 11.4 Å². The van der Waals surface area contributed by atoms with Crippen LogP contribution < -0.4 is 15.4 Å². The van der Waals surface area contributed by atoms with Crippen LogP contribution in [0.5, 0.6) is 5.75 Å². The summed E-state index contributed by atoms with van der Waals surface area (Å²) in [6.45, 7) is 0. The van der Waals surface area contributed by atoms with E-state index in [0.29, 0.717) is 22.0 Å². The standard InChI is InChI=1S/C19H15ClN6O3/c1-29-14-7-6-10(20)8-13(14)23-17(27)15-16(22-9-21-15)18(28)26-19-24-11-4-2-3-5-12(11)25-19/h2-9H,1H3,(H,21,22)(H,23,27)(H2,24,25,26,28). The number of H-pyrrole nitrogens is 2. The maximum atomic E-state index is 12.7. The minimum atomic E-state index is -0.596. The number of anilines is 2. The van der Waals surface area contributed by atoms with E-state index in [9.17, 15) is 9.59 Å². The summed E-state index contributed by atoms with van der Waals surface area (Å²) in [5.74, 6) is -0.480. The number of nitrogens with one attached hydrogen (secondary N) is 4. The lowest BCUT2D eigenvalue weighted by molar-refractivity contribution is 0.0985. The zero-order chi connectivity index (χ0) is 20.4. The third-order valence-corrected chi connectivity index (χ3v) is 4.35. The fourth-order valence-electron chi connectivity index (χ4n) is 2.78. The number of rotatable bonds is 5. The molecule has 9 nitrogen and oxygen atoms in total. The van der Waals surface area contributed by atoms with Gasteiger partial charge in [-0.3, -0.25) is 14.9 Å². The molecule has 0 fully saturated rings. The molecular formula is C19H15ClN6O3. The number of ether oxygens (including phenoxy) is 1. The summed E-state index contributed by atoms with van der Waals surface area (Å²) < 4.78 is 5.21. The summed E-state index contributed by atoms with van der Waals surface area (Å²) in [6.07, 6.45) is 1.26. The molecule has 0 aliphatic rings. The number of imidazole rings is 2. The number of amides is 2. The zero-order valence-corrected chi connectivity index (χ0v) is 15.9. The molecule has 0 aliphatic carbocycles. The first-order chi connectivity index (χ1) is 14.0. The molecule has 2 aromatic heterocycles. The molecule has 29 heavy (non-hydrogen) atoms. The van der Waals surface area contributed by atoms with Gasteiger partial charge in [0.2, 0.25) is 5.95 Å². The summed E-state index contributed by atoms with van der Waals surface area (Å²) in [4.78, 5) is 39.2. The highest BCUT2D eigenvalue weighted by Gasteiger charge is 2.22. The van der Waals surface area contributed by atoms with Gasteiger partial charge in [-0.05, 0) is 30.3 Å². The van der Waals surface area contributed by atoms with E-state index in [1.807, 2.05) is 24.3 Å². The molecule has 4 aromatic rings. The van der Waals surface area contributed by atoms with Crippen molar-refractivity contribution < 1.29 is 14.3 Å². The maximum Gasteiger partial charge on any atom is 0.276 e. The van der Waals surface area contributed by atoms with Crippen LogP contribution in [-0.2, 0) is 0 Å². The van der Waals surface area contributed by atoms with E-state index >= 15 is 0 Å². The normalized spacial score (nSPS) is 10.7. The molecule has 0 aliphatic heterocycles. The van der Waals surface area contributed by atoms with Gasteiger partial charge in [-0.25, -0.2) is 9.97 Å². The summed E-state index contributed by atoms with van der Waals surface area (Å²) in [7, 11) is 1.47. The number of methoxy groups -OCH3 is 1. The maximum absolute atomic E-state index is 12.7. The molecule has 4 N–H and O–H groups in total. The van der Waals surface area contributed by atoms with Crippen LogP contribution in [0.15, 0.2) is 48.8 Å². The molecule has 10 heteroatoms. The second-order valence-electron chi connectivity index (χ2n) is 5.98. The van der Waals surface area contributed by atoms with Gasteiger partial charge in [-0.2, -0.15) is 0 Å². The highest BCUT2D eigenvalue weighted by Crippen LogP contribution is 2.28. The summed E-state index contributed by atoms with van der Waals surface area (Å²) in [5.41, 5.74) is 1.75. The third-order valence-electron chi connectivity index (χ3n) is 4.11. The Balaban J connectivity index is 1.55. The molecule has 0 unspecified atom stereocenters. The summed E-state index contributed by atoms with van der Waals surface area (Å²) in [6, 6.07) is 12.2. The van der Waals surface area contributed by atoms with E-state index in [1.54, 1.807) is 18.2 Å². The topological polar surface area (TPSA) is 125 Å². The van der Waals surface area contributed by atoms with Gasteiger partial charge in [0.05, 0.1) is 30.2 Å². The number of benzene rings is 2. The van der Waals surface area contributed by atoms with Gasteiger partial charge in [0.25, 0.3) is 11.8 Å². The number of carbonyl (C=O) groups excluding carboxylic acids is 2. The zero-order valence-electron chi connectivity index (χ0n) is 15.1. The highest BCUT2D eigenvalue weighted by atomic mass is 35.5. The number of nitrogens with zero attached hydrogens (tertiary/aromatic N) is 2. The number of hydrogen-bond donors (Lipinski definition) is 4. The number of halogens is 1. The van der Waals surface area contributed by atoms with Crippen molar-refractivity contribution in [2.75, 3.05) is 17.7 Å². The Morgan fingerprint density at radius 3 is 2.72 bits per heavy atom. The number of carbonyl (C=O) groups is 2. The SMILES string of the molecule is COc1ccc(Cl)cc1NC(=O)c1nc[nH]c1C(=O)Nc1nc2ccccc2[nH]1. The molecule has 2 aromatic carbocycles. The Morgan fingerprint density at radius 2 is 1.93 bits per heavy atom. The lowest BCUT2D eigenvalue weighted by Crippen LogP contribution is -2.21. The highest BCUT2D eigenvalue weighted by molar-refractivity contribution is 6.31. The Morgan fingerprint density at radius 1 is 1.10 bits per heavy atom. The molecule has 4 rings (SSSR count). The Labute approximate surface area is 169 Å². The number of aromatic nitrogens is 4. The fraction of sp³-hybridized carbons (Fsp3) is 0.0526. The predicted octanol–water partition coefficient (Wildman–Crippen LogP) is 3.45. The van der Waals surface area contributed by atoms with Crippen molar-refractivity contribution in [3.8, 4) is 5.75 Å². The number of fused-ring (bicyclic) bond motifs is 1. The summed E-state index contributed by atoms with van der Waals surface area (Å²) >= 11 is 5.98. The first-order valence-electron chi connectivity index (χ1n) is 8.49. The van der Waals surface area contributed by atoms with Gasteiger partial charge >= 0.3 is 0 Å². The minimum absolute atomic E-state index is 0.0102. The van der Waals surface area contributed by atoms with Crippen LogP contribution in [0.25, 0.3) is 11.0 Å². The van der Waals surface area contributed by atoms with Crippen molar-refractivity contribution in [3.63, 3.8) is 0 Å². The van der Waals surface area contributed by atoms with Gasteiger partial charge in [0.15, 0.2) is 5.69 Å². The number of hydrogen-bond acceptors (Lipinski definition) is 5. The third kappa shape index (κ3) is 3.76. The molecule has 0 saturated heterocycles. The van der Waals surface area contributed by atoms with Crippen molar-refractivity contribution in [3.05, 3.63) is 65.2 Å². The molecule has 0 radical (unpaired) electrons. The van der Waals surface area contributed by atoms with Crippen LogP contribution in [0, 0.1) is 0 Å². The Hall–Kier alpha value is -3.85. The first kappa shape index (κ1) is 18.5.